The molecule has 8 heterocycles. The first-order valence-corrected chi connectivity index (χ1v) is 45.2. The second kappa shape index (κ2) is 64.7. The number of hydrogen-bond acceptors (Lipinski definition) is 52. The number of nitrogens with zero attached hydrogens (tertiary/aromatic N) is 8. The zero-order valence-corrected chi connectivity index (χ0v) is 77.7. The molecule has 16 amide bonds. The average Bonchev–Trinajstić information content (AvgIpc) is 1.77. The van der Waals surface area contributed by atoms with Crippen LogP contribution >= 0.6 is 0 Å². The van der Waals surface area contributed by atoms with Gasteiger partial charge in [0, 0.05) is 103 Å². The van der Waals surface area contributed by atoms with Crippen molar-refractivity contribution >= 4 is 142 Å². The molecule has 8 aliphatic heterocycles. The van der Waals surface area contributed by atoms with Crippen molar-refractivity contribution in [3.8, 4) is 0 Å². The number of amides is 16. The summed E-state index contributed by atoms with van der Waals surface area (Å²) in [7, 11) is 0. The lowest BCUT2D eigenvalue weighted by Gasteiger charge is -2.24. The van der Waals surface area contributed by atoms with Crippen molar-refractivity contribution in [3.05, 3.63) is 0 Å². The third-order valence-electron chi connectivity index (χ3n) is 19.7. The van der Waals surface area contributed by atoms with E-state index in [0.717, 1.165) is 0 Å². The predicted octanol–water partition coefficient (Wildman–Crippen LogP) is -6.44. The molecule has 143 heavy (non-hydrogen) atoms. The topological polar surface area (TPSA) is 694 Å². The Labute approximate surface area is 811 Å². The zero-order valence-electron chi connectivity index (χ0n) is 77.7. The fourth-order valence-corrected chi connectivity index (χ4v) is 12.7. The molecule has 0 bridgehead atoms. The maximum Gasteiger partial charge on any atom is 0.358 e. The van der Waals surface area contributed by atoms with Gasteiger partial charge in [0.1, 0.15) is 77.3 Å². The Morgan fingerprint density at radius 1 is 0.161 bits per heavy atom. The van der Waals surface area contributed by atoms with Crippen LogP contribution in [0.25, 0.3) is 0 Å². The van der Waals surface area contributed by atoms with Crippen molar-refractivity contribution in [2.24, 2.45) is 0 Å². The van der Waals surface area contributed by atoms with Gasteiger partial charge in [-0.05, 0) is 19.3 Å². The highest BCUT2D eigenvalue weighted by Crippen LogP contribution is 2.22. The molecule has 0 aliphatic carbocycles. The van der Waals surface area contributed by atoms with E-state index in [-0.39, 0.29) is 294 Å². The van der Waals surface area contributed by atoms with E-state index in [4.69, 9.17) is 133 Å². The average molecular weight is 2050 g/mol. The van der Waals surface area contributed by atoms with Crippen molar-refractivity contribution in [2.75, 3.05) is 225 Å². The molecule has 0 spiro atoms. The minimum Gasteiger partial charge on any atom is -0.376 e. The van der Waals surface area contributed by atoms with Crippen LogP contribution in [0, 0.1) is 0 Å². The number of ether oxygens (including phenoxy) is 20. The van der Waals surface area contributed by atoms with E-state index >= 15 is 0 Å². The Morgan fingerprint density at radius 2 is 0.280 bits per heavy atom. The summed E-state index contributed by atoms with van der Waals surface area (Å²) < 4.78 is 116. The van der Waals surface area contributed by atoms with Crippen molar-refractivity contribution in [1.82, 2.24) is 40.5 Å². The van der Waals surface area contributed by atoms with Gasteiger partial charge in [-0.2, -0.15) is 0 Å². The van der Waals surface area contributed by atoms with E-state index in [1.54, 1.807) is 0 Å². The lowest BCUT2D eigenvalue weighted by Crippen LogP contribution is -2.35. The molecule has 0 aromatic rings. The van der Waals surface area contributed by atoms with Crippen molar-refractivity contribution in [3.63, 3.8) is 0 Å². The van der Waals surface area contributed by atoms with Crippen LogP contribution in [-0.4, -0.2) is 444 Å². The second-order valence-corrected chi connectivity index (χ2v) is 31.0. The molecular weight excluding hydrogens is 1940 g/mol. The van der Waals surface area contributed by atoms with Crippen LogP contribution in [0.4, 0.5) is 0 Å². The normalized spacial score (nSPS) is 17.6. The zero-order chi connectivity index (χ0) is 103. The molecule has 6 unspecified atom stereocenters. The van der Waals surface area contributed by atoms with E-state index in [2.05, 4.69) is 0 Å². The largest absolute Gasteiger partial charge is 0.376 e. The molecule has 8 fully saturated rings. The summed E-state index contributed by atoms with van der Waals surface area (Å²) in [5.41, 5.74) is 0. The van der Waals surface area contributed by atoms with Gasteiger partial charge in [0.05, 0.1) is 184 Å². The minimum atomic E-state index is -1.10. The molecule has 796 valence electrons. The van der Waals surface area contributed by atoms with Crippen LogP contribution in [0.15, 0.2) is 0 Å². The van der Waals surface area contributed by atoms with Gasteiger partial charge < -0.3 is 133 Å². The van der Waals surface area contributed by atoms with Crippen LogP contribution in [0.1, 0.15) is 122 Å². The van der Waals surface area contributed by atoms with Crippen molar-refractivity contribution < 1.29 is 249 Å². The second-order valence-electron chi connectivity index (χ2n) is 31.0. The number of imide groups is 8. The maximum atomic E-state index is 12.7. The lowest BCUT2D eigenvalue weighted by molar-refractivity contribution is -0.200. The quantitative estimate of drug-likeness (QED) is 0.0404. The van der Waals surface area contributed by atoms with E-state index in [1.807, 2.05) is 0 Å². The van der Waals surface area contributed by atoms with E-state index in [9.17, 15) is 115 Å². The summed E-state index contributed by atoms with van der Waals surface area (Å²) in [6, 6.07) is 0. The number of carbonyl (C=O) groups is 24. The van der Waals surface area contributed by atoms with Gasteiger partial charge in [0.15, 0.2) is 0 Å². The molecule has 6 atom stereocenters. The molecule has 0 radical (unpaired) electrons. The lowest BCUT2D eigenvalue weighted by atomic mass is 10.1. The third kappa shape index (κ3) is 44.1. The SMILES string of the molecule is O=C(COCCOCC(COCC(COCC(CCCC(COCC(COCC(COCCOCC(=O)ON1C(=O)CCC1=O)OCCOCC(=O)ON1C(=O)CCC1=O)OCCOCC(=O)ON1C(=O)CCC1=O)OCCOCC(=O)ON1C(=O)CCC1=O)OCCOCC(=O)ON1C(=O)CCC1=O)OCCOCC(=O)ON1C(=O)CCC1=O)OCCOCC(=O)ON1C(=O)CCC1=O)ON1C(=O)CCC1=O. The van der Waals surface area contributed by atoms with Crippen molar-refractivity contribution in [1.29, 1.82) is 0 Å². The maximum absolute atomic E-state index is 12.7. The Balaban J connectivity index is 0.949. The Bertz CT molecular complexity index is 3990. The molecule has 8 aliphatic rings. The third-order valence-corrected chi connectivity index (χ3v) is 19.7. The molecule has 8 rings (SSSR count). The highest BCUT2D eigenvalue weighted by molar-refractivity contribution is 6.06. The summed E-state index contributed by atoms with van der Waals surface area (Å²) in [5, 5.41) is 2.65. The van der Waals surface area contributed by atoms with Crippen LogP contribution in [-0.2, 0) is 249 Å². The van der Waals surface area contributed by atoms with Gasteiger partial charge >= 0.3 is 47.8 Å². The standard InChI is InChI=1S/C83H112N8O52/c92-60-4-5-61(93)84(60)136-76(108)46-118-22-20-116-38-56(132-32-26-122-50-80(112)140-88-68(100)12-13-69(88)101)40-128-44-58(134-34-28-124-52-82(114)142-90-72(104)16-17-73(90)105)42-126-36-54(130-30-24-120-48-78(110)138-86-64(96)8-9-65(86)97)2-1-3-55(131-31-25-121-49-79(111)139-87-66(98)10-11-67(87)99)37-127-43-59(135-35-29-125-53-83(115)143-91-74(106)18-19-75(91)107)45-129-41-57(133-33-27-123-51-81(113)141-89-70(102)14-15-71(89)103)39-117-21-23-119-47-77(109)137-85-62(94)6-7-63(85)95/h54-59H,1-53H2. The first-order chi connectivity index (χ1) is 68.9. The number of rotatable bonds is 78. The summed E-state index contributed by atoms with van der Waals surface area (Å²) in [4.78, 5) is 333. The van der Waals surface area contributed by atoms with Gasteiger partial charge in [-0.25, -0.2) is 38.4 Å². The number of carbonyl (C=O) groups excluding carboxylic acids is 24. The highest BCUT2D eigenvalue weighted by Gasteiger charge is 2.41. The Kier molecular flexibility index (Phi) is 52.6. The first kappa shape index (κ1) is 116. The predicted molar refractivity (Wildman–Crippen MR) is 441 cm³/mol. The van der Waals surface area contributed by atoms with Gasteiger partial charge in [0.25, 0.3) is 94.5 Å². The van der Waals surface area contributed by atoms with Gasteiger partial charge in [-0.1, -0.05) is 0 Å². The number of hydrogen-bond donors (Lipinski definition) is 0. The molecule has 8 saturated heterocycles. The van der Waals surface area contributed by atoms with Crippen LogP contribution in [0.2, 0.25) is 0 Å². The molecule has 60 nitrogen and oxygen atoms in total. The first-order valence-electron chi connectivity index (χ1n) is 45.2. The van der Waals surface area contributed by atoms with Crippen LogP contribution in [0.3, 0.4) is 0 Å². The summed E-state index contributed by atoms with van der Waals surface area (Å²) in [6.07, 6.45) is -8.28. The summed E-state index contributed by atoms with van der Waals surface area (Å²) >= 11 is 0. The van der Waals surface area contributed by atoms with Crippen molar-refractivity contribution in [2.45, 2.75) is 159 Å². The van der Waals surface area contributed by atoms with Crippen LogP contribution < -0.4 is 0 Å². The summed E-state index contributed by atoms with van der Waals surface area (Å²) in [5.74, 6) is -20.4. The molecule has 0 aromatic heterocycles. The molecule has 60 heteroatoms. The molecular formula is C83H112N8O52. The Morgan fingerprint density at radius 3 is 0.434 bits per heavy atom. The monoisotopic (exact) mass is 2050 g/mol. The van der Waals surface area contributed by atoms with Gasteiger partial charge in [0.2, 0.25) is 0 Å². The van der Waals surface area contributed by atoms with Gasteiger partial charge in [-0.3, -0.25) is 76.7 Å². The fraction of sp³-hybridized carbons (Fsp3) is 0.711. The number of hydroxylamine groups is 16. The van der Waals surface area contributed by atoms with E-state index in [0.29, 0.717) is 40.5 Å². The summed E-state index contributed by atoms with van der Waals surface area (Å²) in [6.45, 7) is -13.1. The van der Waals surface area contributed by atoms with Gasteiger partial charge in [-0.15, -0.1) is 40.5 Å². The highest BCUT2D eigenvalue weighted by atomic mass is 16.8. The van der Waals surface area contributed by atoms with E-state index in [1.165, 1.54) is 0 Å². The van der Waals surface area contributed by atoms with E-state index < -0.39 is 232 Å². The fourth-order valence-electron chi connectivity index (χ4n) is 12.7. The van der Waals surface area contributed by atoms with Crippen LogP contribution in [0.5, 0.6) is 0 Å². The Hall–Kier alpha value is -11.9. The molecule has 0 saturated carbocycles. The minimum absolute atomic E-state index is 0.0920. The molecule has 0 aromatic carbocycles. The molecule has 0 N–H and O–H groups in total. The smallest absolute Gasteiger partial charge is 0.358 e.